The van der Waals surface area contributed by atoms with Gasteiger partial charge in [0, 0.05) is 29.1 Å². The number of hydrogen-bond acceptors (Lipinski definition) is 5. The molecular formula is C17H14Cl2IN5O2. The van der Waals surface area contributed by atoms with Crippen LogP contribution in [0.4, 0.5) is 5.95 Å². The molecule has 3 N–H and O–H groups in total. The van der Waals surface area contributed by atoms with E-state index in [9.17, 15) is 4.79 Å². The Morgan fingerprint density at radius 1 is 1.37 bits per heavy atom. The van der Waals surface area contributed by atoms with E-state index >= 15 is 0 Å². The van der Waals surface area contributed by atoms with Crippen molar-refractivity contribution < 1.29 is 9.53 Å². The number of amides is 1. The molecule has 1 amide bonds. The lowest BCUT2D eigenvalue weighted by Gasteiger charge is -2.13. The number of nitrogens with two attached hydrogens (primary N) is 1. The number of nitrogen functional groups attached to an aromatic ring is 1. The summed E-state index contributed by atoms with van der Waals surface area (Å²) < 4.78 is 7.92. The highest BCUT2D eigenvalue weighted by Gasteiger charge is 2.26. The van der Waals surface area contributed by atoms with Gasteiger partial charge in [-0.15, -0.1) is 0 Å². The third-order valence-electron chi connectivity index (χ3n) is 4.33. The average molecular weight is 518 g/mol. The van der Waals surface area contributed by atoms with Crippen LogP contribution in [-0.4, -0.2) is 31.6 Å². The first kappa shape index (κ1) is 18.6. The van der Waals surface area contributed by atoms with Crippen molar-refractivity contribution in [3.05, 3.63) is 33.9 Å². The Balaban J connectivity index is 1.91. The Kier molecular flexibility index (Phi) is 5.04. The van der Waals surface area contributed by atoms with Crippen LogP contribution in [-0.2, 0) is 17.8 Å². The summed E-state index contributed by atoms with van der Waals surface area (Å²) in [6.07, 6.45) is 2.46. The third-order valence-corrected chi connectivity index (χ3v) is 5.29. The molecule has 4 rings (SSSR count). The first-order chi connectivity index (χ1) is 13.0. The number of carbonyl (C=O) groups excluding carboxylic acids is 1. The lowest BCUT2D eigenvalue weighted by molar-refractivity contribution is -0.121. The van der Waals surface area contributed by atoms with Gasteiger partial charge >= 0.3 is 0 Å². The average Bonchev–Trinajstić information content (AvgIpc) is 3.23. The van der Waals surface area contributed by atoms with Gasteiger partial charge in [-0.25, -0.2) is 4.98 Å². The molecule has 0 spiro atoms. The number of nitrogens with one attached hydrogen (secondary N) is 1. The number of hydrogen-bond donors (Lipinski definition) is 2. The monoisotopic (exact) mass is 517 g/mol. The number of nitrogens with zero attached hydrogens (tertiary/aromatic N) is 3. The minimum Gasteiger partial charge on any atom is -0.491 e. The van der Waals surface area contributed by atoms with Gasteiger partial charge in [0.05, 0.1) is 26.9 Å². The van der Waals surface area contributed by atoms with Crippen LogP contribution < -0.4 is 15.8 Å². The summed E-state index contributed by atoms with van der Waals surface area (Å²) in [6, 6.07) is 3.51. The first-order valence-corrected chi connectivity index (χ1v) is 10.4. The van der Waals surface area contributed by atoms with E-state index < -0.39 is 0 Å². The molecule has 27 heavy (non-hydrogen) atoms. The van der Waals surface area contributed by atoms with Gasteiger partial charge in [0.2, 0.25) is 11.9 Å². The second-order valence-electron chi connectivity index (χ2n) is 5.97. The van der Waals surface area contributed by atoms with Crippen molar-refractivity contribution in [2.75, 3.05) is 16.9 Å². The number of carbonyl (C=O) groups is 1. The van der Waals surface area contributed by atoms with Crippen molar-refractivity contribution in [3.8, 4) is 17.0 Å². The SMILES string of the molecule is Nc1nc(-c2c(Cl)cc(Cl)c3c2CCO3)c2ccn(CC(=O)NCI)c2n1. The molecule has 140 valence electrons. The molecule has 3 aromatic rings. The molecule has 0 saturated heterocycles. The molecule has 3 heterocycles. The number of anilines is 1. The fourth-order valence-corrected chi connectivity index (χ4v) is 4.31. The van der Waals surface area contributed by atoms with Crippen LogP contribution in [0, 0.1) is 0 Å². The maximum atomic E-state index is 12.0. The molecule has 0 fully saturated rings. The lowest BCUT2D eigenvalue weighted by Crippen LogP contribution is -2.25. The molecule has 1 aromatic carbocycles. The van der Waals surface area contributed by atoms with E-state index in [2.05, 4.69) is 37.9 Å². The smallest absolute Gasteiger partial charge is 0.240 e. The Labute approximate surface area is 178 Å². The van der Waals surface area contributed by atoms with E-state index in [0.717, 1.165) is 16.5 Å². The van der Waals surface area contributed by atoms with Gasteiger partial charge < -0.3 is 20.4 Å². The molecule has 1 aliphatic heterocycles. The quantitative estimate of drug-likeness (QED) is 0.314. The van der Waals surface area contributed by atoms with Crippen molar-refractivity contribution in [2.45, 2.75) is 13.0 Å². The predicted octanol–water partition coefficient (Wildman–Crippen LogP) is 3.43. The lowest BCUT2D eigenvalue weighted by atomic mass is 10.00. The van der Waals surface area contributed by atoms with E-state index in [1.54, 1.807) is 16.8 Å². The van der Waals surface area contributed by atoms with Gasteiger partial charge in [0.15, 0.2) is 0 Å². The molecule has 0 bridgehead atoms. The van der Waals surface area contributed by atoms with Crippen LogP contribution in [0.25, 0.3) is 22.3 Å². The number of fused-ring (bicyclic) bond motifs is 2. The molecule has 0 atom stereocenters. The number of halogens is 3. The highest BCUT2D eigenvalue weighted by Crippen LogP contribution is 2.45. The van der Waals surface area contributed by atoms with E-state index in [4.69, 9.17) is 33.7 Å². The minimum atomic E-state index is -0.112. The Bertz CT molecular complexity index is 1070. The Morgan fingerprint density at radius 2 is 2.19 bits per heavy atom. The highest BCUT2D eigenvalue weighted by molar-refractivity contribution is 14.1. The van der Waals surface area contributed by atoms with Gasteiger partial charge in [0.25, 0.3) is 0 Å². The molecule has 2 aromatic heterocycles. The second-order valence-corrected chi connectivity index (χ2v) is 7.54. The summed E-state index contributed by atoms with van der Waals surface area (Å²) in [5, 5.41) is 4.46. The third kappa shape index (κ3) is 3.30. The molecule has 0 saturated carbocycles. The maximum Gasteiger partial charge on any atom is 0.240 e. The fourth-order valence-electron chi connectivity index (χ4n) is 3.24. The molecule has 0 radical (unpaired) electrons. The largest absolute Gasteiger partial charge is 0.491 e. The first-order valence-electron chi connectivity index (χ1n) is 8.08. The molecule has 0 aliphatic carbocycles. The van der Waals surface area contributed by atoms with Crippen LogP contribution in [0.15, 0.2) is 18.3 Å². The number of aromatic nitrogens is 3. The van der Waals surface area contributed by atoms with Crippen molar-refractivity contribution in [1.29, 1.82) is 0 Å². The van der Waals surface area contributed by atoms with Crippen LogP contribution in [0.3, 0.4) is 0 Å². The topological polar surface area (TPSA) is 95.1 Å². The highest BCUT2D eigenvalue weighted by atomic mass is 127. The standard InChI is InChI=1S/C17H14Cl2IN5O2/c18-10-5-11(19)15-8(2-4-27-15)13(10)14-9-1-3-25(6-12(26)22-7-20)16(9)24-17(21)23-14/h1,3,5H,2,4,6-7H2,(H,22,26)(H2,21,23,24). The summed E-state index contributed by atoms with van der Waals surface area (Å²) in [5.74, 6) is 0.618. The number of ether oxygens (including phenoxy) is 1. The predicted molar refractivity (Wildman–Crippen MR) is 114 cm³/mol. The Morgan fingerprint density at radius 3 is 2.96 bits per heavy atom. The zero-order valence-electron chi connectivity index (χ0n) is 13.9. The van der Waals surface area contributed by atoms with E-state index in [-0.39, 0.29) is 18.4 Å². The van der Waals surface area contributed by atoms with Crippen molar-refractivity contribution in [2.24, 2.45) is 0 Å². The van der Waals surface area contributed by atoms with Gasteiger partial charge in [-0.05, 0) is 12.1 Å². The number of alkyl halides is 1. The maximum absolute atomic E-state index is 12.0. The second kappa shape index (κ2) is 7.33. The van der Waals surface area contributed by atoms with Crippen LogP contribution in [0.5, 0.6) is 5.75 Å². The molecule has 1 aliphatic rings. The Hall–Kier alpha value is -1.78. The normalized spacial score (nSPS) is 12.9. The zero-order chi connectivity index (χ0) is 19.1. The van der Waals surface area contributed by atoms with E-state index in [1.165, 1.54) is 0 Å². The molecule has 10 heteroatoms. The van der Waals surface area contributed by atoms with Crippen LogP contribution in [0.1, 0.15) is 5.56 Å². The summed E-state index contributed by atoms with van der Waals surface area (Å²) in [5.41, 5.74) is 8.78. The van der Waals surface area contributed by atoms with Gasteiger partial charge in [-0.2, -0.15) is 4.98 Å². The molecule has 7 nitrogen and oxygen atoms in total. The van der Waals surface area contributed by atoms with Gasteiger partial charge in [0.1, 0.15) is 17.9 Å². The van der Waals surface area contributed by atoms with Gasteiger partial charge in [-0.3, -0.25) is 4.79 Å². The summed E-state index contributed by atoms with van der Waals surface area (Å²) >= 11 is 14.9. The number of benzene rings is 1. The summed E-state index contributed by atoms with van der Waals surface area (Å²) in [6.45, 7) is 0.668. The van der Waals surface area contributed by atoms with Crippen LogP contribution in [0.2, 0.25) is 10.0 Å². The van der Waals surface area contributed by atoms with Crippen molar-refractivity contribution in [1.82, 2.24) is 19.9 Å². The minimum absolute atomic E-state index is 0.102. The van der Waals surface area contributed by atoms with Crippen molar-refractivity contribution >= 4 is 68.7 Å². The molecule has 0 unspecified atom stereocenters. The summed E-state index contributed by atoms with van der Waals surface area (Å²) in [4.78, 5) is 20.7. The molecular weight excluding hydrogens is 504 g/mol. The zero-order valence-corrected chi connectivity index (χ0v) is 17.6. The van der Waals surface area contributed by atoms with E-state index in [0.29, 0.717) is 44.7 Å². The fraction of sp³-hybridized carbons (Fsp3) is 0.235. The summed E-state index contributed by atoms with van der Waals surface area (Å²) in [7, 11) is 0. The van der Waals surface area contributed by atoms with Crippen molar-refractivity contribution in [3.63, 3.8) is 0 Å². The van der Waals surface area contributed by atoms with Gasteiger partial charge in [-0.1, -0.05) is 45.8 Å². The van der Waals surface area contributed by atoms with Crippen LogP contribution >= 0.6 is 45.8 Å². The number of rotatable bonds is 4. The van der Waals surface area contributed by atoms with E-state index in [1.807, 2.05) is 6.07 Å².